The molecule has 4 nitrogen and oxygen atoms in total. The lowest BCUT2D eigenvalue weighted by Gasteiger charge is -2.10. The van der Waals surface area contributed by atoms with Gasteiger partial charge < -0.3 is 15.0 Å². The fraction of sp³-hybridized carbons (Fsp3) is 0.500. The molecular formula is C14H20ClN3O. The molecule has 0 saturated carbocycles. The van der Waals surface area contributed by atoms with Gasteiger partial charge >= 0.3 is 0 Å². The Morgan fingerprint density at radius 1 is 1.47 bits per heavy atom. The summed E-state index contributed by atoms with van der Waals surface area (Å²) < 4.78 is 2.23. The molecule has 0 fully saturated rings. The number of halogens is 1. The molecule has 1 unspecified atom stereocenters. The molecule has 0 amide bonds. The molecule has 0 aliphatic rings. The van der Waals surface area contributed by atoms with Crippen LogP contribution < -0.4 is 5.32 Å². The number of imidazole rings is 1. The third-order valence-electron chi connectivity index (χ3n) is 3.11. The largest absolute Gasteiger partial charge is 0.390 e. The van der Waals surface area contributed by atoms with Crippen molar-refractivity contribution < 1.29 is 5.11 Å². The van der Waals surface area contributed by atoms with E-state index >= 15 is 0 Å². The first-order valence-corrected chi connectivity index (χ1v) is 7.14. The molecule has 0 aliphatic carbocycles. The summed E-state index contributed by atoms with van der Waals surface area (Å²) in [5.41, 5.74) is 3.09. The maximum Gasteiger partial charge on any atom is 0.106 e. The minimum atomic E-state index is -0.531. The van der Waals surface area contributed by atoms with Gasteiger partial charge in [0.25, 0.3) is 0 Å². The van der Waals surface area contributed by atoms with Crippen molar-refractivity contribution >= 4 is 28.3 Å². The summed E-state index contributed by atoms with van der Waals surface area (Å²) >= 11 is 5.57. The molecule has 0 aliphatic heterocycles. The zero-order valence-electron chi connectivity index (χ0n) is 11.4. The third-order valence-corrected chi connectivity index (χ3v) is 3.46. The monoisotopic (exact) mass is 281 g/mol. The van der Waals surface area contributed by atoms with E-state index in [1.54, 1.807) is 0 Å². The maximum absolute atomic E-state index is 9.44. The van der Waals surface area contributed by atoms with Crippen LogP contribution in [0.5, 0.6) is 0 Å². The van der Waals surface area contributed by atoms with Crippen molar-refractivity contribution in [1.82, 2.24) is 9.55 Å². The van der Waals surface area contributed by atoms with Crippen LogP contribution in [0.4, 0.5) is 5.69 Å². The van der Waals surface area contributed by atoms with E-state index in [2.05, 4.69) is 27.9 Å². The summed E-state index contributed by atoms with van der Waals surface area (Å²) in [5.74, 6) is 1.27. The number of rotatable bonds is 6. The van der Waals surface area contributed by atoms with Crippen molar-refractivity contribution in [3.8, 4) is 0 Å². The van der Waals surface area contributed by atoms with Crippen molar-refractivity contribution in [1.29, 1.82) is 0 Å². The van der Waals surface area contributed by atoms with Gasteiger partial charge in [-0.25, -0.2) is 4.98 Å². The highest BCUT2D eigenvalue weighted by atomic mass is 35.5. The maximum atomic E-state index is 9.44. The second-order valence-corrected chi connectivity index (χ2v) is 5.01. The Hall–Kier alpha value is -1.26. The summed E-state index contributed by atoms with van der Waals surface area (Å²) in [6.45, 7) is 5.62. The van der Waals surface area contributed by atoms with Gasteiger partial charge in [0.05, 0.1) is 23.0 Å². The van der Waals surface area contributed by atoms with Crippen molar-refractivity contribution in [2.24, 2.45) is 0 Å². The van der Waals surface area contributed by atoms with Crippen LogP contribution in [0, 0.1) is 6.92 Å². The predicted octanol–water partition coefficient (Wildman–Crippen LogP) is 2.77. The molecule has 2 aromatic rings. The van der Waals surface area contributed by atoms with Crippen molar-refractivity contribution in [3.05, 3.63) is 24.0 Å². The summed E-state index contributed by atoms with van der Waals surface area (Å²) in [4.78, 5) is 4.57. The van der Waals surface area contributed by atoms with Gasteiger partial charge in [-0.1, -0.05) is 6.92 Å². The lowest BCUT2D eigenvalue weighted by atomic mass is 10.2. The minimum Gasteiger partial charge on any atom is -0.390 e. The van der Waals surface area contributed by atoms with Gasteiger partial charge in [-0.2, -0.15) is 0 Å². The first-order valence-electron chi connectivity index (χ1n) is 6.60. The van der Waals surface area contributed by atoms with Gasteiger partial charge in [0, 0.05) is 18.8 Å². The van der Waals surface area contributed by atoms with Crippen molar-refractivity contribution in [2.75, 3.05) is 17.7 Å². The lowest BCUT2D eigenvalue weighted by Crippen LogP contribution is -2.20. The molecule has 0 saturated heterocycles. The second-order valence-electron chi connectivity index (χ2n) is 4.70. The Balaban J connectivity index is 2.21. The molecule has 5 heteroatoms. The van der Waals surface area contributed by atoms with Crippen LogP contribution >= 0.6 is 11.6 Å². The van der Waals surface area contributed by atoms with Crippen LogP contribution in [0.1, 0.15) is 19.2 Å². The van der Waals surface area contributed by atoms with E-state index in [4.69, 9.17) is 11.6 Å². The minimum absolute atomic E-state index is 0.236. The molecule has 1 aromatic carbocycles. The molecule has 1 atom stereocenters. The standard InChI is InChI=1S/C14H20ClN3O/c1-3-6-18-10(2)17-13-7-11(4-5-14(13)18)16-9-12(19)8-15/h4-5,7,12,16,19H,3,6,8-9H2,1-2H3. The summed E-state index contributed by atoms with van der Waals surface area (Å²) in [5, 5.41) is 12.6. The highest BCUT2D eigenvalue weighted by Crippen LogP contribution is 2.20. The van der Waals surface area contributed by atoms with E-state index in [-0.39, 0.29) is 5.88 Å². The Morgan fingerprint density at radius 3 is 2.95 bits per heavy atom. The fourth-order valence-corrected chi connectivity index (χ4v) is 2.27. The van der Waals surface area contributed by atoms with E-state index in [9.17, 15) is 5.11 Å². The average molecular weight is 282 g/mol. The normalized spacial score (nSPS) is 12.8. The molecule has 2 rings (SSSR count). The Morgan fingerprint density at radius 2 is 2.26 bits per heavy atom. The zero-order chi connectivity index (χ0) is 13.8. The Bertz CT molecular complexity index is 553. The van der Waals surface area contributed by atoms with Crippen LogP contribution in [0.25, 0.3) is 11.0 Å². The van der Waals surface area contributed by atoms with Crippen LogP contribution in [0.15, 0.2) is 18.2 Å². The molecule has 2 N–H and O–H groups in total. The van der Waals surface area contributed by atoms with Gasteiger partial charge in [0.1, 0.15) is 5.82 Å². The third kappa shape index (κ3) is 3.19. The number of nitrogens with zero attached hydrogens (tertiary/aromatic N) is 2. The number of hydrogen-bond acceptors (Lipinski definition) is 3. The number of hydrogen-bond donors (Lipinski definition) is 2. The van der Waals surface area contributed by atoms with E-state index in [0.29, 0.717) is 6.54 Å². The van der Waals surface area contributed by atoms with E-state index in [1.807, 2.05) is 19.1 Å². The van der Waals surface area contributed by atoms with Crippen LogP contribution in [-0.4, -0.2) is 33.2 Å². The topological polar surface area (TPSA) is 50.1 Å². The quantitative estimate of drug-likeness (QED) is 0.801. The van der Waals surface area contributed by atoms with Gasteiger partial charge in [0.15, 0.2) is 0 Å². The van der Waals surface area contributed by atoms with Gasteiger partial charge in [-0.15, -0.1) is 11.6 Å². The van der Waals surface area contributed by atoms with Crippen molar-refractivity contribution in [3.63, 3.8) is 0 Å². The predicted molar refractivity (Wildman–Crippen MR) is 80.0 cm³/mol. The van der Waals surface area contributed by atoms with E-state index < -0.39 is 6.10 Å². The highest BCUT2D eigenvalue weighted by molar-refractivity contribution is 6.18. The number of fused-ring (bicyclic) bond motifs is 1. The van der Waals surface area contributed by atoms with Crippen LogP contribution in [0.3, 0.4) is 0 Å². The SMILES string of the molecule is CCCn1c(C)nc2cc(NCC(O)CCl)ccc21. The molecule has 104 valence electrons. The summed E-state index contributed by atoms with van der Waals surface area (Å²) in [7, 11) is 0. The Kier molecular flexibility index (Phi) is 4.66. The average Bonchev–Trinajstić information content (AvgIpc) is 2.72. The number of aliphatic hydroxyl groups is 1. The fourth-order valence-electron chi connectivity index (χ4n) is 2.16. The first-order chi connectivity index (χ1) is 9.15. The number of aliphatic hydroxyl groups excluding tert-OH is 1. The molecule has 19 heavy (non-hydrogen) atoms. The summed E-state index contributed by atoms with van der Waals surface area (Å²) in [6.07, 6.45) is 0.561. The van der Waals surface area contributed by atoms with Gasteiger partial charge in [0.2, 0.25) is 0 Å². The number of nitrogens with one attached hydrogen (secondary N) is 1. The first kappa shape index (κ1) is 14.2. The molecule has 1 heterocycles. The van der Waals surface area contributed by atoms with Crippen LogP contribution in [0.2, 0.25) is 0 Å². The van der Waals surface area contributed by atoms with E-state index in [0.717, 1.165) is 35.5 Å². The number of alkyl halides is 1. The van der Waals surface area contributed by atoms with Gasteiger partial charge in [-0.3, -0.25) is 0 Å². The molecule has 1 aromatic heterocycles. The Labute approximate surface area is 118 Å². The molecule has 0 spiro atoms. The van der Waals surface area contributed by atoms with Crippen LogP contribution in [-0.2, 0) is 6.54 Å². The summed E-state index contributed by atoms with van der Waals surface area (Å²) in [6, 6.07) is 6.09. The number of aromatic nitrogens is 2. The molecule has 0 bridgehead atoms. The second kappa shape index (κ2) is 6.26. The number of benzene rings is 1. The smallest absolute Gasteiger partial charge is 0.106 e. The number of aryl methyl sites for hydroxylation is 2. The highest BCUT2D eigenvalue weighted by Gasteiger charge is 2.08. The lowest BCUT2D eigenvalue weighted by molar-refractivity contribution is 0.211. The number of anilines is 1. The zero-order valence-corrected chi connectivity index (χ0v) is 12.1. The molecular weight excluding hydrogens is 262 g/mol. The molecule has 0 radical (unpaired) electrons. The van der Waals surface area contributed by atoms with Gasteiger partial charge in [-0.05, 0) is 31.5 Å². The van der Waals surface area contributed by atoms with E-state index in [1.165, 1.54) is 0 Å². The van der Waals surface area contributed by atoms with Crippen molar-refractivity contribution in [2.45, 2.75) is 32.9 Å².